The largest absolute Gasteiger partial charge is 0.364 e. The average molecular weight is 297 g/mol. The number of nitrogens with one attached hydrogen (secondary N) is 1. The minimum atomic E-state index is 0.832. The molecular formula is C12H13BrN2S. The second-order valence-corrected chi connectivity index (χ2v) is 5.58. The molecule has 2 nitrogen and oxygen atoms in total. The van der Waals surface area contributed by atoms with Crippen LogP contribution in [0.2, 0.25) is 0 Å². The van der Waals surface area contributed by atoms with Crippen molar-refractivity contribution >= 4 is 33.1 Å². The molecule has 0 aromatic carbocycles. The molecule has 0 bridgehead atoms. The van der Waals surface area contributed by atoms with Gasteiger partial charge in [0.2, 0.25) is 0 Å². The molecule has 0 saturated carbocycles. The van der Waals surface area contributed by atoms with Crippen LogP contribution in [0.15, 0.2) is 28.2 Å². The predicted molar refractivity (Wildman–Crippen MR) is 73.1 cm³/mol. The van der Waals surface area contributed by atoms with Crippen molar-refractivity contribution in [1.82, 2.24) is 4.98 Å². The first-order valence-electron chi connectivity index (χ1n) is 5.06. The first kappa shape index (κ1) is 11.6. The van der Waals surface area contributed by atoms with Gasteiger partial charge >= 0.3 is 0 Å². The van der Waals surface area contributed by atoms with Gasteiger partial charge in [-0.3, -0.25) is 0 Å². The lowest BCUT2D eigenvalue weighted by atomic mass is 10.3. The number of hydrogen-bond acceptors (Lipinski definition) is 3. The van der Waals surface area contributed by atoms with Crippen molar-refractivity contribution in [2.24, 2.45) is 0 Å². The van der Waals surface area contributed by atoms with E-state index in [-0.39, 0.29) is 0 Å². The van der Waals surface area contributed by atoms with Crippen molar-refractivity contribution in [2.45, 2.75) is 20.4 Å². The van der Waals surface area contributed by atoms with E-state index in [1.54, 1.807) is 11.3 Å². The Balaban J connectivity index is 2.08. The zero-order valence-electron chi connectivity index (χ0n) is 9.25. The number of nitrogens with zero attached hydrogens (tertiary/aromatic N) is 1. The van der Waals surface area contributed by atoms with Crippen LogP contribution in [0.4, 0.5) is 5.82 Å². The summed E-state index contributed by atoms with van der Waals surface area (Å²) in [6, 6.07) is 4.20. The van der Waals surface area contributed by atoms with Crippen LogP contribution < -0.4 is 5.32 Å². The van der Waals surface area contributed by atoms with Crippen LogP contribution in [0.3, 0.4) is 0 Å². The van der Waals surface area contributed by atoms with Gasteiger partial charge in [0, 0.05) is 11.1 Å². The van der Waals surface area contributed by atoms with E-state index in [9.17, 15) is 0 Å². The summed E-state index contributed by atoms with van der Waals surface area (Å²) in [6.07, 6.45) is 1.87. The zero-order valence-corrected chi connectivity index (χ0v) is 11.7. The van der Waals surface area contributed by atoms with Crippen molar-refractivity contribution in [3.63, 3.8) is 0 Å². The minimum Gasteiger partial charge on any atom is -0.364 e. The number of thiophene rings is 1. The standard InChI is InChI=1S/C12H13BrN2S/c1-8-5-10(13)12(14-6-8)15-7-11-9(2)3-4-16-11/h3-6H,7H2,1-2H3,(H,14,15). The summed E-state index contributed by atoms with van der Waals surface area (Å²) >= 11 is 5.28. The zero-order chi connectivity index (χ0) is 11.5. The highest BCUT2D eigenvalue weighted by Gasteiger charge is 2.03. The van der Waals surface area contributed by atoms with E-state index >= 15 is 0 Å². The van der Waals surface area contributed by atoms with Gasteiger partial charge < -0.3 is 5.32 Å². The Morgan fingerprint density at radius 1 is 1.44 bits per heavy atom. The molecule has 84 valence electrons. The molecule has 0 saturated heterocycles. The summed E-state index contributed by atoms with van der Waals surface area (Å²) in [5.41, 5.74) is 2.49. The molecular weight excluding hydrogens is 284 g/mol. The maximum atomic E-state index is 4.35. The van der Waals surface area contributed by atoms with E-state index in [1.165, 1.54) is 10.4 Å². The summed E-state index contributed by atoms with van der Waals surface area (Å²) in [7, 11) is 0. The number of halogens is 1. The number of aryl methyl sites for hydroxylation is 2. The first-order chi connectivity index (χ1) is 7.66. The molecule has 2 rings (SSSR count). The van der Waals surface area contributed by atoms with Crippen LogP contribution in [-0.2, 0) is 6.54 Å². The summed E-state index contributed by atoms with van der Waals surface area (Å²) < 4.78 is 1.02. The molecule has 16 heavy (non-hydrogen) atoms. The van der Waals surface area contributed by atoms with E-state index in [0.29, 0.717) is 0 Å². The van der Waals surface area contributed by atoms with Gasteiger partial charge in [0.15, 0.2) is 0 Å². The highest BCUT2D eigenvalue weighted by atomic mass is 79.9. The third-order valence-electron chi connectivity index (χ3n) is 2.36. The highest BCUT2D eigenvalue weighted by molar-refractivity contribution is 9.10. The third-order valence-corrected chi connectivity index (χ3v) is 3.99. The number of hydrogen-bond donors (Lipinski definition) is 1. The molecule has 2 aromatic rings. The van der Waals surface area contributed by atoms with Gasteiger partial charge in [-0.05, 0) is 58.4 Å². The topological polar surface area (TPSA) is 24.9 Å². The smallest absolute Gasteiger partial charge is 0.140 e. The average Bonchev–Trinajstić information content (AvgIpc) is 2.63. The van der Waals surface area contributed by atoms with E-state index in [1.807, 2.05) is 13.1 Å². The molecule has 0 aliphatic carbocycles. The number of anilines is 1. The van der Waals surface area contributed by atoms with Crippen molar-refractivity contribution in [3.05, 3.63) is 44.2 Å². The van der Waals surface area contributed by atoms with Crippen LogP contribution >= 0.6 is 27.3 Å². The second kappa shape index (κ2) is 4.97. The minimum absolute atomic E-state index is 0.832. The maximum Gasteiger partial charge on any atom is 0.140 e. The molecule has 0 aliphatic heterocycles. The number of aromatic nitrogens is 1. The highest BCUT2D eigenvalue weighted by Crippen LogP contribution is 2.22. The summed E-state index contributed by atoms with van der Waals surface area (Å²) in [4.78, 5) is 5.71. The molecule has 0 atom stereocenters. The number of pyridine rings is 1. The molecule has 0 amide bonds. The number of rotatable bonds is 3. The summed E-state index contributed by atoms with van der Waals surface area (Å²) in [6.45, 7) is 4.99. The lowest BCUT2D eigenvalue weighted by molar-refractivity contribution is 1.11. The fourth-order valence-electron chi connectivity index (χ4n) is 1.41. The van der Waals surface area contributed by atoms with Crippen molar-refractivity contribution in [1.29, 1.82) is 0 Å². The molecule has 0 fully saturated rings. The predicted octanol–water partition coefficient (Wildman–Crippen LogP) is 4.13. The third kappa shape index (κ3) is 2.62. The van der Waals surface area contributed by atoms with Gasteiger partial charge in [0.1, 0.15) is 5.82 Å². The molecule has 1 N–H and O–H groups in total. The molecule has 2 heterocycles. The Labute approximate surface area is 108 Å². The molecule has 0 spiro atoms. The Morgan fingerprint density at radius 3 is 2.88 bits per heavy atom. The monoisotopic (exact) mass is 296 g/mol. The molecule has 0 radical (unpaired) electrons. The quantitative estimate of drug-likeness (QED) is 0.921. The Kier molecular flexibility index (Phi) is 3.61. The van der Waals surface area contributed by atoms with E-state index in [2.05, 4.69) is 50.7 Å². The van der Waals surface area contributed by atoms with Gasteiger partial charge in [-0.25, -0.2) is 4.98 Å². The van der Waals surface area contributed by atoms with Gasteiger partial charge in [0.25, 0.3) is 0 Å². The Hall–Kier alpha value is -0.870. The van der Waals surface area contributed by atoms with E-state index < -0.39 is 0 Å². The summed E-state index contributed by atoms with van der Waals surface area (Å²) in [5, 5.41) is 5.45. The Bertz CT molecular complexity index is 494. The van der Waals surface area contributed by atoms with Gasteiger partial charge in [0.05, 0.1) is 11.0 Å². The van der Waals surface area contributed by atoms with Gasteiger partial charge in [-0.1, -0.05) is 0 Å². The fourth-order valence-corrected chi connectivity index (χ4v) is 2.86. The SMILES string of the molecule is Cc1cnc(NCc2sccc2C)c(Br)c1. The maximum absolute atomic E-state index is 4.35. The lowest BCUT2D eigenvalue weighted by Crippen LogP contribution is -2.01. The van der Waals surface area contributed by atoms with Gasteiger partial charge in [-0.2, -0.15) is 0 Å². The van der Waals surface area contributed by atoms with Crippen LogP contribution in [0.25, 0.3) is 0 Å². The molecule has 0 aliphatic rings. The first-order valence-corrected chi connectivity index (χ1v) is 6.73. The van der Waals surface area contributed by atoms with Crippen LogP contribution in [0.5, 0.6) is 0 Å². The molecule has 2 aromatic heterocycles. The lowest BCUT2D eigenvalue weighted by Gasteiger charge is -2.07. The fraction of sp³-hybridized carbons (Fsp3) is 0.250. The van der Waals surface area contributed by atoms with Crippen molar-refractivity contribution in [3.8, 4) is 0 Å². The van der Waals surface area contributed by atoms with Crippen LogP contribution in [0.1, 0.15) is 16.0 Å². The van der Waals surface area contributed by atoms with Gasteiger partial charge in [-0.15, -0.1) is 11.3 Å². The Morgan fingerprint density at radius 2 is 2.25 bits per heavy atom. The van der Waals surface area contributed by atoms with E-state index in [0.717, 1.165) is 22.4 Å². The second-order valence-electron chi connectivity index (χ2n) is 3.72. The molecule has 4 heteroatoms. The summed E-state index contributed by atoms with van der Waals surface area (Å²) in [5.74, 6) is 0.901. The van der Waals surface area contributed by atoms with Crippen LogP contribution in [-0.4, -0.2) is 4.98 Å². The van der Waals surface area contributed by atoms with E-state index in [4.69, 9.17) is 0 Å². The van der Waals surface area contributed by atoms with Crippen LogP contribution in [0, 0.1) is 13.8 Å². The van der Waals surface area contributed by atoms with Crippen molar-refractivity contribution < 1.29 is 0 Å². The molecule has 0 unspecified atom stereocenters. The van der Waals surface area contributed by atoms with Crippen molar-refractivity contribution in [2.75, 3.05) is 5.32 Å². The normalized spacial score (nSPS) is 10.4.